The van der Waals surface area contributed by atoms with Crippen LogP contribution >= 0.6 is 23.1 Å². The van der Waals surface area contributed by atoms with Gasteiger partial charge in [-0.05, 0) is 67.6 Å². The average molecular weight is 431 g/mol. The van der Waals surface area contributed by atoms with Gasteiger partial charge in [-0.25, -0.2) is 0 Å². The minimum Gasteiger partial charge on any atom is -0.353 e. The molecule has 2 fully saturated rings. The number of amides is 1. The average Bonchev–Trinajstić information content (AvgIpc) is 3.44. The van der Waals surface area contributed by atoms with Crippen LogP contribution < -0.4 is 10.6 Å². The molecule has 1 heterocycles. The Bertz CT molecular complexity index is 836. The number of anilines is 2. The molecule has 1 aromatic carbocycles. The van der Waals surface area contributed by atoms with Crippen molar-refractivity contribution in [2.24, 2.45) is 17.8 Å². The van der Waals surface area contributed by atoms with Gasteiger partial charge < -0.3 is 10.6 Å². The highest BCUT2D eigenvalue weighted by atomic mass is 32.2. The molecule has 1 amide bonds. The van der Waals surface area contributed by atoms with Gasteiger partial charge in [0, 0.05) is 11.7 Å². The maximum absolute atomic E-state index is 12.4. The first-order valence-electron chi connectivity index (χ1n) is 10.6. The number of benzene rings is 1. The monoisotopic (exact) mass is 430 g/mol. The molecule has 5 nitrogen and oxygen atoms in total. The predicted molar refractivity (Wildman–Crippen MR) is 121 cm³/mol. The van der Waals surface area contributed by atoms with Crippen molar-refractivity contribution in [1.82, 2.24) is 15.5 Å². The molecule has 29 heavy (non-hydrogen) atoms. The van der Waals surface area contributed by atoms with E-state index < -0.39 is 0 Å². The minimum absolute atomic E-state index is 0.0965. The molecule has 2 saturated carbocycles. The number of carbonyl (C=O) groups is 1. The summed E-state index contributed by atoms with van der Waals surface area (Å²) in [5.74, 6) is 3.41. The van der Waals surface area contributed by atoms with E-state index in [1.165, 1.54) is 54.3 Å². The van der Waals surface area contributed by atoms with Crippen molar-refractivity contribution in [3.8, 4) is 0 Å². The van der Waals surface area contributed by atoms with Gasteiger partial charge in [-0.3, -0.25) is 4.79 Å². The van der Waals surface area contributed by atoms with Crippen LogP contribution in [0.15, 0.2) is 28.6 Å². The molecule has 2 bridgehead atoms. The summed E-state index contributed by atoms with van der Waals surface area (Å²) in [7, 11) is 0. The van der Waals surface area contributed by atoms with Gasteiger partial charge >= 0.3 is 0 Å². The van der Waals surface area contributed by atoms with Gasteiger partial charge in [0.15, 0.2) is 4.34 Å². The van der Waals surface area contributed by atoms with Gasteiger partial charge in [-0.15, -0.1) is 10.2 Å². The smallest absolute Gasteiger partial charge is 0.230 e. The van der Waals surface area contributed by atoms with Crippen LogP contribution in [-0.2, 0) is 4.79 Å². The lowest BCUT2D eigenvalue weighted by atomic mass is 9.84. The lowest BCUT2D eigenvalue weighted by Crippen LogP contribution is -2.40. The fourth-order valence-corrected chi connectivity index (χ4v) is 6.41. The lowest BCUT2D eigenvalue weighted by Gasteiger charge is -2.28. The summed E-state index contributed by atoms with van der Waals surface area (Å²) >= 11 is 2.94. The summed E-state index contributed by atoms with van der Waals surface area (Å²) < 4.78 is 0.814. The highest BCUT2D eigenvalue weighted by molar-refractivity contribution is 8.01. The molecule has 7 heteroatoms. The van der Waals surface area contributed by atoms with Crippen molar-refractivity contribution in [2.75, 3.05) is 11.1 Å². The molecule has 0 aliphatic heterocycles. The second kappa shape index (κ2) is 9.04. The zero-order chi connectivity index (χ0) is 20.4. The zero-order valence-electron chi connectivity index (χ0n) is 17.4. The van der Waals surface area contributed by atoms with Gasteiger partial charge in [0.1, 0.15) is 0 Å². The first kappa shape index (κ1) is 20.7. The molecular weight excluding hydrogens is 400 g/mol. The Morgan fingerprint density at radius 1 is 1.17 bits per heavy atom. The Balaban J connectivity index is 1.23. The van der Waals surface area contributed by atoms with Crippen LogP contribution in [0.4, 0.5) is 10.8 Å². The zero-order valence-corrected chi connectivity index (χ0v) is 19.0. The molecule has 4 rings (SSSR count). The van der Waals surface area contributed by atoms with E-state index in [1.807, 2.05) is 0 Å². The lowest BCUT2D eigenvalue weighted by molar-refractivity contribution is -0.119. The van der Waals surface area contributed by atoms with Gasteiger partial charge in [0.2, 0.25) is 11.0 Å². The maximum Gasteiger partial charge on any atom is 0.230 e. The van der Waals surface area contributed by atoms with Crippen molar-refractivity contribution >= 4 is 39.8 Å². The van der Waals surface area contributed by atoms with E-state index in [-0.39, 0.29) is 11.9 Å². The fourth-order valence-electron chi connectivity index (χ4n) is 4.83. The number of aromatic nitrogens is 2. The molecule has 1 aromatic heterocycles. The van der Waals surface area contributed by atoms with Gasteiger partial charge in [0.25, 0.3) is 0 Å². The first-order chi connectivity index (χ1) is 14.0. The molecule has 4 unspecified atom stereocenters. The summed E-state index contributed by atoms with van der Waals surface area (Å²) in [4.78, 5) is 12.4. The van der Waals surface area contributed by atoms with Gasteiger partial charge in [-0.1, -0.05) is 55.5 Å². The van der Waals surface area contributed by atoms with E-state index in [9.17, 15) is 4.79 Å². The number of rotatable bonds is 8. The molecule has 2 aliphatic carbocycles. The summed E-state index contributed by atoms with van der Waals surface area (Å²) in [6, 6.07) is 8.66. The van der Waals surface area contributed by atoms with Crippen LogP contribution in [0.5, 0.6) is 0 Å². The molecule has 2 N–H and O–H groups in total. The Morgan fingerprint density at radius 3 is 2.62 bits per heavy atom. The standard InChI is InChI=1S/C22H30N4OS2/c1-13(2)16-6-8-18(9-7-16)24-21-25-26-22(29-21)28-12-20(27)23-14(3)19-11-15-4-5-17(19)10-15/h6-9,13-15,17,19H,4-5,10-12H2,1-3H3,(H,23,27)(H,24,25). The first-order valence-corrected chi connectivity index (χ1v) is 12.4. The van der Waals surface area contributed by atoms with Crippen molar-refractivity contribution in [2.45, 2.75) is 62.8 Å². The maximum atomic E-state index is 12.4. The SMILES string of the molecule is CC(C)c1ccc(Nc2nnc(SCC(=O)NC(C)C3CC4CCC3C4)s2)cc1. The van der Waals surface area contributed by atoms with Crippen LogP contribution in [-0.4, -0.2) is 27.9 Å². The third-order valence-electron chi connectivity index (χ3n) is 6.39. The third-order valence-corrected chi connectivity index (χ3v) is 8.36. The fraction of sp³-hybridized carbons (Fsp3) is 0.591. The van der Waals surface area contributed by atoms with Crippen molar-refractivity contribution < 1.29 is 4.79 Å². The van der Waals surface area contributed by atoms with Gasteiger partial charge in [-0.2, -0.15) is 0 Å². The van der Waals surface area contributed by atoms with Crippen LogP contribution in [0.25, 0.3) is 0 Å². The molecule has 0 spiro atoms. The van der Waals surface area contributed by atoms with Gasteiger partial charge in [0.05, 0.1) is 5.75 Å². The number of fused-ring (bicyclic) bond motifs is 2. The van der Waals surface area contributed by atoms with Crippen LogP contribution in [0, 0.1) is 17.8 Å². The molecular formula is C22H30N4OS2. The topological polar surface area (TPSA) is 66.9 Å². The Kier molecular flexibility index (Phi) is 6.44. The second-order valence-electron chi connectivity index (χ2n) is 8.76. The molecule has 0 radical (unpaired) electrons. The summed E-state index contributed by atoms with van der Waals surface area (Å²) in [5.41, 5.74) is 2.31. The summed E-state index contributed by atoms with van der Waals surface area (Å²) in [5, 5.41) is 15.7. The van der Waals surface area contributed by atoms with Crippen LogP contribution in [0.3, 0.4) is 0 Å². The number of hydrogen-bond acceptors (Lipinski definition) is 6. The summed E-state index contributed by atoms with van der Waals surface area (Å²) in [6.07, 6.45) is 5.42. The molecule has 4 atom stereocenters. The van der Waals surface area contributed by atoms with E-state index in [0.29, 0.717) is 17.6 Å². The number of carbonyl (C=O) groups excluding carboxylic acids is 1. The van der Waals surface area contributed by atoms with E-state index >= 15 is 0 Å². The van der Waals surface area contributed by atoms with E-state index in [0.717, 1.165) is 27.0 Å². The number of nitrogens with zero attached hydrogens (tertiary/aromatic N) is 2. The number of hydrogen-bond donors (Lipinski definition) is 2. The largest absolute Gasteiger partial charge is 0.353 e. The van der Waals surface area contributed by atoms with E-state index in [1.54, 1.807) is 0 Å². The van der Waals surface area contributed by atoms with Crippen molar-refractivity contribution in [3.05, 3.63) is 29.8 Å². The number of nitrogens with one attached hydrogen (secondary N) is 2. The Morgan fingerprint density at radius 2 is 1.97 bits per heavy atom. The normalized spacial score (nSPS) is 24.1. The Labute approximate surface area is 181 Å². The van der Waals surface area contributed by atoms with E-state index in [4.69, 9.17) is 0 Å². The Hall–Kier alpha value is -1.60. The molecule has 156 valence electrons. The molecule has 2 aromatic rings. The highest BCUT2D eigenvalue weighted by Gasteiger charge is 2.42. The highest BCUT2D eigenvalue weighted by Crippen LogP contribution is 2.49. The van der Waals surface area contributed by atoms with Crippen LogP contribution in [0.1, 0.15) is 57.9 Å². The molecule has 2 aliphatic rings. The summed E-state index contributed by atoms with van der Waals surface area (Å²) in [6.45, 7) is 6.54. The molecule has 0 saturated heterocycles. The quantitative estimate of drug-likeness (QED) is 0.546. The number of thioether (sulfide) groups is 1. The van der Waals surface area contributed by atoms with E-state index in [2.05, 4.69) is 65.9 Å². The predicted octanol–water partition coefficient (Wildman–Crippen LogP) is 5.44. The van der Waals surface area contributed by atoms with Crippen molar-refractivity contribution in [3.63, 3.8) is 0 Å². The van der Waals surface area contributed by atoms with Crippen molar-refractivity contribution in [1.29, 1.82) is 0 Å². The van der Waals surface area contributed by atoms with Crippen LogP contribution in [0.2, 0.25) is 0 Å². The second-order valence-corrected chi connectivity index (χ2v) is 11.0. The minimum atomic E-state index is 0.0965. The third kappa shape index (κ3) is 5.12.